The van der Waals surface area contributed by atoms with Crippen LogP contribution in [0, 0.1) is 5.82 Å². The van der Waals surface area contributed by atoms with E-state index in [1.807, 2.05) is 0 Å². The number of rotatable bonds is 2. The molecule has 1 atom stereocenters. The molecule has 1 aliphatic rings. The lowest BCUT2D eigenvalue weighted by atomic mass is 9.90. The van der Waals surface area contributed by atoms with E-state index in [0.717, 1.165) is 0 Å². The van der Waals surface area contributed by atoms with Gasteiger partial charge in [0.25, 0.3) is 0 Å². The molecule has 1 aromatic carbocycles. The van der Waals surface area contributed by atoms with Crippen molar-refractivity contribution < 1.29 is 23.1 Å². The number of nitrogens with one attached hydrogen (secondary N) is 1. The first-order valence-corrected chi connectivity index (χ1v) is 6.18. The second kappa shape index (κ2) is 4.63. The molecule has 20 heavy (non-hydrogen) atoms. The Labute approximate surface area is 113 Å². The quantitative estimate of drug-likeness (QED) is 0.853. The van der Waals surface area contributed by atoms with Crippen LogP contribution in [-0.4, -0.2) is 18.9 Å². The summed E-state index contributed by atoms with van der Waals surface area (Å²) in [6.07, 6.45) is 2.13. The second-order valence-corrected chi connectivity index (χ2v) is 4.68. The van der Waals surface area contributed by atoms with Gasteiger partial charge in [-0.15, -0.1) is 0 Å². The van der Waals surface area contributed by atoms with Gasteiger partial charge >= 0.3 is 0 Å². The maximum absolute atomic E-state index is 13.6. The summed E-state index contributed by atoms with van der Waals surface area (Å²) >= 11 is 0. The third-order valence-electron chi connectivity index (χ3n) is 3.49. The van der Waals surface area contributed by atoms with Crippen molar-refractivity contribution >= 4 is 22.8 Å². The number of carbonyl (C=O) groups is 2. The van der Waals surface area contributed by atoms with Gasteiger partial charge in [-0.05, 0) is 12.5 Å². The number of halogens is 1. The van der Waals surface area contributed by atoms with E-state index < -0.39 is 11.7 Å². The van der Waals surface area contributed by atoms with E-state index in [2.05, 4.69) is 5.32 Å². The molecule has 0 bridgehead atoms. The minimum atomic E-state index is -0.524. The average Bonchev–Trinajstić information content (AvgIpc) is 2.80. The van der Waals surface area contributed by atoms with Crippen molar-refractivity contribution in [3.8, 4) is 5.75 Å². The molecular formula is C14H12FNO4. The van der Waals surface area contributed by atoms with Gasteiger partial charge < -0.3 is 9.15 Å². The van der Waals surface area contributed by atoms with Crippen molar-refractivity contribution in [2.24, 2.45) is 0 Å². The van der Waals surface area contributed by atoms with Crippen molar-refractivity contribution in [1.82, 2.24) is 5.32 Å². The van der Waals surface area contributed by atoms with E-state index in [-0.39, 0.29) is 24.0 Å². The molecule has 1 saturated heterocycles. The van der Waals surface area contributed by atoms with Gasteiger partial charge in [-0.25, -0.2) is 4.39 Å². The molecule has 1 N–H and O–H groups in total. The summed E-state index contributed by atoms with van der Waals surface area (Å²) in [7, 11) is 1.37. The molecule has 0 radical (unpaired) electrons. The number of benzene rings is 1. The van der Waals surface area contributed by atoms with Crippen molar-refractivity contribution in [3.05, 3.63) is 29.8 Å². The number of methoxy groups -OCH3 is 1. The first kappa shape index (κ1) is 12.7. The predicted octanol–water partition coefficient (Wildman–Crippen LogP) is 2.10. The van der Waals surface area contributed by atoms with Gasteiger partial charge in [-0.1, -0.05) is 0 Å². The summed E-state index contributed by atoms with van der Waals surface area (Å²) in [4.78, 5) is 23.1. The number of hydrogen-bond acceptors (Lipinski definition) is 4. The molecule has 6 heteroatoms. The van der Waals surface area contributed by atoms with Gasteiger partial charge in [0.1, 0.15) is 5.58 Å². The van der Waals surface area contributed by atoms with Gasteiger partial charge in [-0.3, -0.25) is 14.9 Å². The number of ether oxygens (including phenoxy) is 1. The van der Waals surface area contributed by atoms with Crippen LogP contribution < -0.4 is 10.1 Å². The molecule has 3 rings (SSSR count). The SMILES string of the molecule is COc1cc2c([C@H]3CCC(=O)NC3=O)coc2cc1F. The van der Waals surface area contributed by atoms with Crippen LogP contribution in [0.25, 0.3) is 11.0 Å². The third kappa shape index (κ3) is 1.93. The molecule has 0 unspecified atom stereocenters. The zero-order valence-corrected chi connectivity index (χ0v) is 10.7. The van der Waals surface area contributed by atoms with E-state index in [1.54, 1.807) is 0 Å². The fraction of sp³-hybridized carbons (Fsp3) is 0.286. The fourth-order valence-electron chi connectivity index (χ4n) is 2.47. The monoisotopic (exact) mass is 277 g/mol. The Morgan fingerprint density at radius 3 is 2.90 bits per heavy atom. The topological polar surface area (TPSA) is 68.5 Å². The standard InChI is InChI=1S/C14H12FNO4/c1-19-12-4-8-9(6-20-11(8)5-10(12)15)7-2-3-13(17)16-14(7)18/h4-7H,2-3H2,1H3,(H,16,17,18)/t7-/m1/s1. The molecule has 104 valence electrons. The van der Waals surface area contributed by atoms with Crippen molar-refractivity contribution in [2.45, 2.75) is 18.8 Å². The summed E-state index contributed by atoms with van der Waals surface area (Å²) in [5.74, 6) is -1.53. The second-order valence-electron chi connectivity index (χ2n) is 4.68. The van der Waals surface area contributed by atoms with Crippen LogP contribution in [0.4, 0.5) is 4.39 Å². The first-order valence-electron chi connectivity index (χ1n) is 6.18. The maximum Gasteiger partial charge on any atom is 0.234 e. The number of piperidine rings is 1. The third-order valence-corrected chi connectivity index (χ3v) is 3.49. The summed E-state index contributed by atoms with van der Waals surface area (Å²) in [5.41, 5.74) is 0.992. The number of carbonyl (C=O) groups excluding carboxylic acids is 2. The number of hydrogen-bond donors (Lipinski definition) is 1. The van der Waals surface area contributed by atoms with E-state index >= 15 is 0 Å². The van der Waals surface area contributed by atoms with Crippen LogP contribution in [0.5, 0.6) is 5.75 Å². The summed E-state index contributed by atoms with van der Waals surface area (Å²) in [6, 6.07) is 2.73. The highest BCUT2D eigenvalue weighted by Gasteiger charge is 2.30. The molecular weight excluding hydrogens is 265 g/mol. The molecule has 2 heterocycles. The van der Waals surface area contributed by atoms with Gasteiger partial charge in [0, 0.05) is 23.4 Å². The van der Waals surface area contributed by atoms with Crippen LogP contribution in [0.1, 0.15) is 24.3 Å². The lowest BCUT2D eigenvalue weighted by Crippen LogP contribution is -2.39. The summed E-state index contributed by atoms with van der Waals surface area (Å²) < 4.78 is 23.8. The largest absolute Gasteiger partial charge is 0.494 e. The van der Waals surface area contributed by atoms with E-state index in [0.29, 0.717) is 23.0 Å². The number of furan rings is 1. The minimum Gasteiger partial charge on any atom is -0.494 e. The van der Waals surface area contributed by atoms with Gasteiger partial charge in [0.15, 0.2) is 11.6 Å². The van der Waals surface area contributed by atoms with Crippen LogP contribution in [0.2, 0.25) is 0 Å². The molecule has 5 nitrogen and oxygen atoms in total. The van der Waals surface area contributed by atoms with Crippen LogP contribution in [0.15, 0.2) is 22.8 Å². The van der Waals surface area contributed by atoms with E-state index in [1.165, 1.54) is 25.5 Å². The Morgan fingerprint density at radius 2 is 2.20 bits per heavy atom. The normalized spacial score (nSPS) is 19.2. The highest BCUT2D eigenvalue weighted by molar-refractivity contribution is 6.02. The van der Waals surface area contributed by atoms with E-state index in [9.17, 15) is 14.0 Å². The molecule has 1 aromatic heterocycles. The highest BCUT2D eigenvalue weighted by atomic mass is 19.1. The Bertz CT molecular complexity index is 707. The van der Waals surface area contributed by atoms with Gasteiger partial charge in [0.05, 0.1) is 19.3 Å². The molecule has 2 amide bonds. The molecule has 0 spiro atoms. The number of imide groups is 1. The van der Waals surface area contributed by atoms with Gasteiger partial charge in [0.2, 0.25) is 11.8 Å². The Morgan fingerprint density at radius 1 is 1.40 bits per heavy atom. The fourth-order valence-corrected chi connectivity index (χ4v) is 2.47. The zero-order valence-electron chi connectivity index (χ0n) is 10.7. The maximum atomic E-state index is 13.6. The lowest BCUT2D eigenvalue weighted by molar-refractivity contribution is -0.134. The number of amides is 2. The highest BCUT2D eigenvalue weighted by Crippen LogP contribution is 2.35. The van der Waals surface area contributed by atoms with Crippen LogP contribution in [-0.2, 0) is 9.59 Å². The lowest BCUT2D eigenvalue weighted by Gasteiger charge is -2.19. The predicted molar refractivity (Wildman–Crippen MR) is 67.8 cm³/mol. The average molecular weight is 277 g/mol. The van der Waals surface area contributed by atoms with Crippen LogP contribution in [0.3, 0.4) is 0 Å². The summed E-state index contributed by atoms with van der Waals surface area (Å²) in [6.45, 7) is 0. The van der Waals surface area contributed by atoms with Crippen molar-refractivity contribution in [2.75, 3.05) is 7.11 Å². The summed E-state index contributed by atoms with van der Waals surface area (Å²) in [5, 5.41) is 2.92. The molecule has 2 aromatic rings. The smallest absolute Gasteiger partial charge is 0.234 e. The first-order chi connectivity index (χ1) is 9.60. The molecule has 0 saturated carbocycles. The van der Waals surface area contributed by atoms with E-state index in [4.69, 9.17) is 9.15 Å². The molecule has 1 aliphatic heterocycles. The zero-order chi connectivity index (χ0) is 14.3. The molecule has 0 aliphatic carbocycles. The minimum absolute atomic E-state index is 0.0902. The van der Waals surface area contributed by atoms with Crippen molar-refractivity contribution in [1.29, 1.82) is 0 Å². The Kier molecular flexibility index (Phi) is 2.93. The molecule has 1 fully saturated rings. The van der Waals surface area contributed by atoms with Gasteiger partial charge in [-0.2, -0.15) is 0 Å². The Balaban J connectivity index is 2.08. The Hall–Kier alpha value is -2.37. The number of fused-ring (bicyclic) bond motifs is 1. The van der Waals surface area contributed by atoms with Crippen molar-refractivity contribution in [3.63, 3.8) is 0 Å². The van der Waals surface area contributed by atoms with Crippen LogP contribution >= 0.6 is 0 Å².